The first-order valence-corrected chi connectivity index (χ1v) is 4.80. The summed E-state index contributed by atoms with van der Waals surface area (Å²) in [5.74, 6) is 0.788. The van der Waals surface area contributed by atoms with Gasteiger partial charge in [0, 0.05) is 0 Å². The molecular formula is CH5LiO3Se. The molecule has 0 aromatic heterocycles. The minimum absolute atomic E-state index is 0. The maximum absolute atomic E-state index is 9.26. The van der Waals surface area contributed by atoms with Crippen LogP contribution in [0.25, 0.3) is 0 Å². The van der Waals surface area contributed by atoms with Gasteiger partial charge in [0.1, 0.15) is 0 Å². The number of hydrogen-bond acceptors (Lipinski definition) is 2. The van der Waals surface area contributed by atoms with Crippen molar-refractivity contribution in [3.8, 4) is 0 Å². The zero-order valence-corrected chi connectivity index (χ0v) is 4.39. The molecule has 0 saturated heterocycles. The molecule has 34 valence electrons. The molecule has 0 bridgehead atoms. The van der Waals surface area contributed by atoms with Gasteiger partial charge in [-0.15, -0.1) is 0 Å². The second-order valence-electron chi connectivity index (χ2n) is 0.733. The molecule has 1 N–H and O–H groups in total. The van der Waals surface area contributed by atoms with E-state index in [9.17, 15) is 7.67 Å². The Kier molecular flexibility index (Phi) is 4.57. The van der Waals surface area contributed by atoms with Crippen molar-refractivity contribution in [1.82, 2.24) is 0 Å². The van der Waals surface area contributed by atoms with Gasteiger partial charge >= 0.3 is 49.6 Å². The Balaban J connectivity index is 0. The first-order chi connectivity index (χ1) is 2.00. The Morgan fingerprint density at radius 1 is 1.50 bits per heavy atom. The van der Waals surface area contributed by atoms with Crippen molar-refractivity contribution in [2.45, 2.75) is 5.82 Å². The summed E-state index contributed by atoms with van der Waals surface area (Å²) >= 11 is -4.25. The van der Waals surface area contributed by atoms with Crippen LogP contribution in [-0.4, -0.2) is 36.1 Å². The average Bonchev–Trinajstić information content (AvgIpc) is 0.722. The summed E-state index contributed by atoms with van der Waals surface area (Å²) in [7, 11) is 0. The fourth-order valence-corrected chi connectivity index (χ4v) is 0. The molecule has 0 rings (SSSR count). The van der Waals surface area contributed by atoms with E-state index in [4.69, 9.17) is 4.19 Å². The van der Waals surface area contributed by atoms with Crippen LogP contribution in [0.5, 0.6) is 0 Å². The molecule has 0 fully saturated rings. The molecule has 0 heterocycles. The maximum atomic E-state index is 9.26. The Hall–Kier alpha value is 0.677. The van der Waals surface area contributed by atoms with Crippen LogP contribution in [0.4, 0.5) is 0 Å². The standard InChI is InChI=1S/CH4O3Se.Li.H/c1-5(2,3)4;;/h1H3,(H,2,3,4);;. The van der Waals surface area contributed by atoms with Gasteiger partial charge in [0.05, 0.1) is 0 Å². The van der Waals surface area contributed by atoms with Crippen LogP contribution < -0.4 is 0 Å². The Morgan fingerprint density at radius 2 is 1.50 bits per heavy atom. The summed E-state index contributed by atoms with van der Waals surface area (Å²) in [6.07, 6.45) is 0. The van der Waals surface area contributed by atoms with Crippen molar-refractivity contribution in [3.63, 3.8) is 0 Å². The zero-order chi connectivity index (χ0) is 4.50. The summed E-state index contributed by atoms with van der Waals surface area (Å²) in [4.78, 5) is 0. The van der Waals surface area contributed by atoms with E-state index in [0.717, 1.165) is 5.82 Å². The first kappa shape index (κ1) is 9.84. The summed E-state index contributed by atoms with van der Waals surface area (Å²) in [6, 6.07) is 0. The van der Waals surface area contributed by atoms with Crippen LogP contribution in [0.15, 0.2) is 0 Å². The van der Waals surface area contributed by atoms with Gasteiger partial charge in [0.25, 0.3) is 0 Å². The predicted octanol–water partition coefficient (Wildman–Crippen LogP) is -1.24. The van der Waals surface area contributed by atoms with E-state index in [2.05, 4.69) is 0 Å². The Labute approximate surface area is 49.9 Å². The van der Waals surface area contributed by atoms with Crippen molar-refractivity contribution in [1.29, 1.82) is 0 Å². The number of hydrogen-bond donors (Lipinski definition) is 1. The molecule has 0 atom stereocenters. The van der Waals surface area contributed by atoms with Gasteiger partial charge in [-0.05, 0) is 0 Å². The van der Waals surface area contributed by atoms with E-state index >= 15 is 0 Å². The summed E-state index contributed by atoms with van der Waals surface area (Å²) < 4.78 is 26.1. The third-order valence-corrected chi connectivity index (χ3v) is 0. The molecular weight excluding hydrogens is 146 g/mol. The summed E-state index contributed by atoms with van der Waals surface area (Å²) in [5, 5.41) is 0. The molecule has 0 amide bonds. The van der Waals surface area contributed by atoms with Crippen molar-refractivity contribution in [3.05, 3.63) is 0 Å². The monoisotopic (exact) mass is 152 g/mol. The van der Waals surface area contributed by atoms with Crippen LogP contribution in [0, 0.1) is 0 Å². The van der Waals surface area contributed by atoms with Gasteiger partial charge in [-0.1, -0.05) is 0 Å². The van der Waals surface area contributed by atoms with Gasteiger partial charge in [0.15, 0.2) is 0 Å². The van der Waals surface area contributed by atoms with Crippen LogP contribution in [-0.2, 0) is 7.67 Å². The minimum atomic E-state index is -4.25. The molecule has 0 saturated carbocycles. The molecule has 0 radical (unpaired) electrons. The topological polar surface area (TPSA) is 54.4 Å². The van der Waals surface area contributed by atoms with E-state index in [1.165, 1.54) is 0 Å². The second kappa shape index (κ2) is 2.79. The molecule has 3 nitrogen and oxygen atoms in total. The molecule has 0 unspecified atom stereocenters. The molecule has 0 aromatic rings. The molecule has 0 aromatic carbocycles. The quantitative estimate of drug-likeness (QED) is 0.440. The van der Waals surface area contributed by atoms with Crippen LogP contribution >= 0.6 is 0 Å². The van der Waals surface area contributed by atoms with E-state index < -0.39 is 13.0 Å². The van der Waals surface area contributed by atoms with Crippen LogP contribution in [0.2, 0.25) is 5.82 Å². The SMILES string of the molecule is C[Se](=O)(=O)O.[LiH]. The molecule has 0 spiro atoms. The third-order valence-electron chi connectivity index (χ3n) is 0. The van der Waals surface area contributed by atoms with Crippen molar-refractivity contribution < 1.29 is 11.9 Å². The molecule has 0 aliphatic carbocycles. The molecule has 0 aliphatic heterocycles. The van der Waals surface area contributed by atoms with Gasteiger partial charge in [-0.3, -0.25) is 0 Å². The van der Waals surface area contributed by atoms with Crippen LogP contribution in [0.1, 0.15) is 0 Å². The normalized spacial score (nSPS) is 9.67. The van der Waals surface area contributed by atoms with Gasteiger partial charge in [-0.25, -0.2) is 0 Å². The van der Waals surface area contributed by atoms with Gasteiger partial charge < -0.3 is 0 Å². The van der Waals surface area contributed by atoms with E-state index in [-0.39, 0.29) is 18.9 Å². The van der Waals surface area contributed by atoms with Gasteiger partial charge in [-0.2, -0.15) is 0 Å². The predicted molar refractivity (Wildman–Crippen MR) is 22.4 cm³/mol. The Bertz CT molecular complexity index is 94.0. The Morgan fingerprint density at radius 3 is 1.50 bits per heavy atom. The second-order valence-corrected chi connectivity index (χ2v) is 3.81. The molecule has 0 aliphatic rings. The molecule has 5 heteroatoms. The van der Waals surface area contributed by atoms with Crippen molar-refractivity contribution >= 4 is 31.9 Å². The van der Waals surface area contributed by atoms with Crippen molar-refractivity contribution in [2.75, 3.05) is 0 Å². The third kappa shape index (κ3) is 138. The van der Waals surface area contributed by atoms with Gasteiger partial charge in [0.2, 0.25) is 0 Å². The zero-order valence-electron chi connectivity index (χ0n) is 2.67. The fourth-order valence-electron chi connectivity index (χ4n) is 0. The first-order valence-electron chi connectivity index (χ1n) is 0.924. The van der Waals surface area contributed by atoms with E-state index in [0.29, 0.717) is 0 Å². The number of rotatable bonds is 0. The van der Waals surface area contributed by atoms with E-state index in [1.807, 2.05) is 0 Å². The summed E-state index contributed by atoms with van der Waals surface area (Å²) in [6.45, 7) is 0. The van der Waals surface area contributed by atoms with Crippen LogP contribution in [0.3, 0.4) is 0 Å². The summed E-state index contributed by atoms with van der Waals surface area (Å²) in [5.41, 5.74) is 0. The fraction of sp³-hybridized carbons (Fsp3) is 1.00. The van der Waals surface area contributed by atoms with E-state index in [1.54, 1.807) is 0 Å². The average molecular weight is 151 g/mol. The molecule has 6 heavy (non-hydrogen) atoms. The van der Waals surface area contributed by atoms with Crippen molar-refractivity contribution in [2.24, 2.45) is 0 Å².